The molecular weight excluding hydrogens is 398 g/mol. The molecule has 0 saturated heterocycles. The second-order valence-corrected chi connectivity index (χ2v) is 7.42. The van der Waals surface area contributed by atoms with Crippen LogP contribution in [0.25, 0.3) is 11.1 Å². The molecule has 0 atom stereocenters. The van der Waals surface area contributed by atoms with Gasteiger partial charge in [-0.2, -0.15) is 5.26 Å². The number of hydrogen-bond acceptors (Lipinski definition) is 4. The normalized spacial score (nSPS) is 10.6. The van der Waals surface area contributed by atoms with Gasteiger partial charge >= 0.3 is 5.97 Å². The van der Waals surface area contributed by atoms with E-state index in [1.807, 2.05) is 24.3 Å². The predicted molar refractivity (Wildman–Crippen MR) is 118 cm³/mol. The van der Waals surface area contributed by atoms with E-state index in [0.29, 0.717) is 12.1 Å². The van der Waals surface area contributed by atoms with Crippen LogP contribution in [0.1, 0.15) is 53.1 Å². The molecule has 3 rings (SSSR count). The van der Waals surface area contributed by atoms with Crippen molar-refractivity contribution in [2.45, 2.75) is 40.2 Å². The molecule has 0 aliphatic carbocycles. The quantitative estimate of drug-likeness (QED) is 0.370. The van der Waals surface area contributed by atoms with E-state index in [-0.39, 0.29) is 17.3 Å². The lowest BCUT2D eigenvalue weighted by atomic mass is 10.0. The Morgan fingerprint density at radius 3 is 2.60 bits per heavy atom. The number of halogens is 1. The first-order valence-electron chi connectivity index (χ1n) is 9.99. The SMILES string of the molecule is CCCc1cc(-c2ccc(C#N)cc2)c(C)n1Cc1cnc(Cl)c(C(=O)OCC)c1. The molecular formula is C24H24ClN3O2. The fourth-order valence-corrected chi connectivity index (χ4v) is 3.70. The average Bonchev–Trinajstić information content (AvgIpc) is 3.05. The van der Waals surface area contributed by atoms with Crippen LogP contribution < -0.4 is 0 Å². The van der Waals surface area contributed by atoms with Crippen LogP contribution >= 0.6 is 11.6 Å². The number of carbonyl (C=O) groups excluding carboxylic acids is 1. The van der Waals surface area contributed by atoms with Crippen molar-refractivity contribution in [1.82, 2.24) is 9.55 Å². The van der Waals surface area contributed by atoms with Gasteiger partial charge in [0, 0.05) is 29.7 Å². The van der Waals surface area contributed by atoms with Gasteiger partial charge in [-0.3, -0.25) is 0 Å². The molecule has 0 bridgehead atoms. The van der Waals surface area contributed by atoms with E-state index < -0.39 is 5.97 Å². The maximum atomic E-state index is 12.2. The molecule has 3 aromatic rings. The van der Waals surface area contributed by atoms with Crippen LogP contribution in [0.2, 0.25) is 5.15 Å². The van der Waals surface area contributed by atoms with Crippen LogP contribution in [-0.2, 0) is 17.7 Å². The van der Waals surface area contributed by atoms with Crippen molar-refractivity contribution in [2.75, 3.05) is 6.61 Å². The lowest BCUT2D eigenvalue weighted by Gasteiger charge is -2.13. The minimum Gasteiger partial charge on any atom is -0.462 e. The predicted octanol–water partition coefficient (Wildman–Crippen LogP) is 5.56. The van der Waals surface area contributed by atoms with Gasteiger partial charge in [0.25, 0.3) is 0 Å². The summed E-state index contributed by atoms with van der Waals surface area (Å²) in [5, 5.41) is 9.19. The zero-order valence-electron chi connectivity index (χ0n) is 17.4. The van der Waals surface area contributed by atoms with Gasteiger partial charge in [-0.25, -0.2) is 9.78 Å². The van der Waals surface area contributed by atoms with Crippen molar-refractivity contribution in [3.63, 3.8) is 0 Å². The second kappa shape index (κ2) is 9.60. The van der Waals surface area contributed by atoms with Crippen molar-refractivity contribution < 1.29 is 9.53 Å². The Morgan fingerprint density at radius 2 is 1.97 bits per heavy atom. The van der Waals surface area contributed by atoms with Crippen molar-refractivity contribution >= 4 is 17.6 Å². The average molecular weight is 422 g/mol. The summed E-state index contributed by atoms with van der Waals surface area (Å²) in [6.45, 7) is 6.85. The molecule has 0 aliphatic rings. The summed E-state index contributed by atoms with van der Waals surface area (Å²) in [5.74, 6) is -0.465. The van der Waals surface area contributed by atoms with E-state index in [1.54, 1.807) is 19.2 Å². The van der Waals surface area contributed by atoms with Gasteiger partial charge in [0.1, 0.15) is 5.15 Å². The topological polar surface area (TPSA) is 67.9 Å². The van der Waals surface area contributed by atoms with Gasteiger partial charge in [0.2, 0.25) is 0 Å². The van der Waals surface area contributed by atoms with Crippen molar-refractivity contribution in [1.29, 1.82) is 5.26 Å². The highest BCUT2D eigenvalue weighted by Gasteiger charge is 2.17. The van der Waals surface area contributed by atoms with Crippen LogP contribution in [0.15, 0.2) is 42.6 Å². The van der Waals surface area contributed by atoms with E-state index in [2.05, 4.69) is 35.5 Å². The van der Waals surface area contributed by atoms with E-state index in [4.69, 9.17) is 21.6 Å². The molecule has 0 N–H and O–H groups in total. The summed E-state index contributed by atoms with van der Waals surface area (Å²) in [6, 6.07) is 13.7. The zero-order chi connectivity index (χ0) is 21.7. The summed E-state index contributed by atoms with van der Waals surface area (Å²) in [7, 11) is 0. The van der Waals surface area contributed by atoms with Gasteiger partial charge in [0.15, 0.2) is 0 Å². The van der Waals surface area contributed by atoms with Gasteiger partial charge in [-0.1, -0.05) is 37.1 Å². The van der Waals surface area contributed by atoms with Crippen LogP contribution in [0.4, 0.5) is 0 Å². The number of rotatable bonds is 7. The molecule has 6 heteroatoms. The third-order valence-corrected chi connectivity index (χ3v) is 5.32. The molecule has 1 aromatic carbocycles. The van der Waals surface area contributed by atoms with E-state index >= 15 is 0 Å². The Balaban J connectivity index is 1.99. The van der Waals surface area contributed by atoms with Crippen LogP contribution in [-0.4, -0.2) is 22.1 Å². The number of aromatic nitrogens is 2. The first-order valence-corrected chi connectivity index (χ1v) is 10.4. The number of ether oxygens (including phenoxy) is 1. The van der Waals surface area contributed by atoms with Crippen molar-refractivity contribution in [2.24, 2.45) is 0 Å². The molecule has 0 saturated carbocycles. The Bertz CT molecular complexity index is 1090. The molecule has 154 valence electrons. The van der Waals surface area contributed by atoms with E-state index in [1.165, 1.54) is 5.69 Å². The number of benzene rings is 1. The van der Waals surface area contributed by atoms with E-state index in [9.17, 15) is 4.79 Å². The lowest BCUT2D eigenvalue weighted by Crippen LogP contribution is -2.10. The Kier molecular flexibility index (Phi) is 6.91. The van der Waals surface area contributed by atoms with Gasteiger partial charge < -0.3 is 9.30 Å². The molecule has 0 radical (unpaired) electrons. The maximum Gasteiger partial charge on any atom is 0.341 e. The number of aryl methyl sites for hydroxylation is 1. The zero-order valence-corrected chi connectivity index (χ0v) is 18.2. The Morgan fingerprint density at radius 1 is 1.23 bits per heavy atom. The molecule has 30 heavy (non-hydrogen) atoms. The number of carbonyl (C=O) groups is 1. The molecule has 2 heterocycles. The van der Waals surface area contributed by atoms with Crippen molar-refractivity contribution in [3.05, 3.63) is 75.8 Å². The molecule has 0 spiro atoms. The first-order chi connectivity index (χ1) is 14.5. The molecule has 0 aliphatic heterocycles. The minimum atomic E-state index is -0.465. The third kappa shape index (κ3) is 4.55. The van der Waals surface area contributed by atoms with Gasteiger partial charge in [-0.15, -0.1) is 0 Å². The molecule has 2 aromatic heterocycles. The van der Waals surface area contributed by atoms with E-state index in [0.717, 1.165) is 35.2 Å². The highest BCUT2D eigenvalue weighted by atomic mass is 35.5. The molecule has 5 nitrogen and oxygen atoms in total. The number of nitrogens with zero attached hydrogens (tertiary/aromatic N) is 3. The number of nitriles is 1. The van der Waals surface area contributed by atoms with Gasteiger partial charge in [0.05, 0.1) is 23.8 Å². The summed E-state index contributed by atoms with van der Waals surface area (Å²) < 4.78 is 7.33. The van der Waals surface area contributed by atoms with Crippen molar-refractivity contribution in [3.8, 4) is 17.2 Å². The summed E-state index contributed by atoms with van der Waals surface area (Å²) in [4.78, 5) is 16.4. The molecule has 0 fully saturated rings. The minimum absolute atomic E-state index is 0.147. The monoisotopic (exact) mass is 421 g/mol. The van der Waals surface area contributed by atoms with Crippen LogP contribution in [0.3, 0.4) is 0 Å². The standard InChI is InChI=1S/C24H24ClN3O2/c1-4-6-20-12-21(19-9-7-17(13-26)8-10-19)16(3)28(20)15-18-11-22(23(25)27-14-18)24(29)30-5-2/h7-12,14H,4-6,15H2,1-3H3. The fourth-order valence-electron chi connectivity index (χ4n) is 3.52. The molecule has 0 amide bonds. The first kappa shape index (κ1) is 21.6. The second-order valence-electron chi connectivity index (χ2n) is 7.06. The smallest absolute Gasteiger partial charge is 0.341 e. The van der Waals surface area contributed by atoms with Crippen LogP contribution in [0.5, 0.6) is 0 Å². The van der Waals surface area contributed by atoms with Crippen LogP contribution in [0, 0.1) is 18.3 Å². The lowest BCUT2D eigenvalue weighted by molar-refractivity contribution is 0.0526. The number of hydrogen-bond donors (Lipinski definition) is 0. The summed E-state index contributed by atoms with van der Waals surface area (Å²) in [6.07, 6.45) is 3.65. The van der Waals surface area contributed by atoms with Gasteiger partial charge in [-0.05, 0) is 55.7 Å². The number of esters is 1. The summed E-state index contributed by atoms with van der Waals surface area (Å²) >= 11 is 6.11. The molecule has 0 unspecified atom stereocenters. The Hall–Kier alpha value is -3.10. The number of pyridine rings is 1. The largest absolute Gasteiger partial charge is 0.462 e. The highest BCUT2D eigenvalue weighted by Crippen LogP contribution is 2.29. The third-order valence-electron chi connectivity index (χ3n) is 5.02. The maximum absolute atomic E-state index is 12.2. The Labute approximate surface area is 181 Å². The highest BCUT2D eigenvalue weighted by molar-refractivity contribution is 6.32. The fraction of sp³-hybridized carbons (Fsp3) is 0.292. The summed E-state index contributed by atoms with van der Waals surface area (Å²) in [5.41, 5.74) is 6.34.